The second-order valence-electron chi connectivity index (χ2n) is 6.66. The quantitative estimate of drug-likeness (QED) is 0.469. The fourth-order valence-corrected chi connectivity index (χ4v) is 3.07. The van der Waals surface area contributed by atoms with Gasteiger partial charge < -0.3 is 5.32 Å². The topological polar surface area (TPSA) is 53.5 Å². The molecule has 4 heteroatoms. The summed E-state index contributed by atoms with van der Waals surface area (Å²) < 4.78 is 0. The van der Waals surface area contributed by atoms with Crippen molar-refractivity contribution in [3.8, 4) is 0 Å². The lowest BCUT2D eigenvalue weighted by atomic mass is 10.0. The van der Waals surface area contributed by atoms with Crippen LogP contribution in [0.15, 0.2) is 114 Å². The van der Waals surface area contributed by atoms with Crippen LogP contribution in [0.1, 0.15) is 21.8 Å². The number of para-hydroxylation sites is 1. The minimum absolute atomic E-state index is 0.217. The molecule has 3 aromatic carbocycles. The van der Waals surface area contributed by atoms with E-state index in [4.69, 9.17) is 0 Å². The van der Waals surface area contributed by atoms with Gasteiger partial charge in [0.1, 0.15) is 0 Å². The molecule has 4 rings (SSSR count). The Morgan fingerprint density at radius 3 is 2.03 bits per heavy atom. The molecule has 0 aliphatic heterocycles. The number of aliphatic imine (C=N–C) groups is 1. The summed E-state index contributed by atoms with van der Waals surface area (Å²) in [6, 6.07) is 26.8. The van der Waals surface area contributed by atoms with Gasteiger partial charge in [0.05, 0.1) is 5.69 Å². The van der Waals surface area contributed by atoms with Crippen molar-refractivity contribution in [2.75, 3.05) is 5.32 Å². The first-order chi connectivity index (χ1) is 14.3. The molecule has 1 aliphatic carbocycles. The predicted molar refractivity (Wildman–Crippen MR) is 119 cm³/mol. The van der Waals surface area contributed by atoms with Crippen molar-refractivity contribution in [3.05, 3.63) is 120 Å². The molecule has 0 heterocycles. The Labute approximate surface area is 170 Å². The zero-order valence-electron chi connectivity index (χ0n) is 15.8. The summed E-state index contributed by atoms with van der Waals surface area (Å²) in [6.45, 7) is 0. The normalized spacial score (nSPS) is 13.4. The molecule has 0 atom stereocenters. The molecule has 29 heavy (non-hydrogen) atoms. The summed E-state index contributed by atoms with van der Waals surface area (Å²) in [6.07, 6.45) is 8.41. The number of carbonyl (C=O) groups is 1. The number of benzene rings is 3. The van der Waals surface area contributed by atoms with Gasteiger partial charge in [-0.25, -0.2) is 4.99 Å². The molecule has 0 spiro atoms. The largest absolute Gasteiger partial charge is 0.326 e. The number of rotatable bonds is 4. The van der Waals surface area contributed by atoms with Crippen molar-refractivity contribution >= 4 is 23.2 Å². The van der Waals surface area contributed by atoms with Gasteiger partial charge in [0.25, 0.3) is 5.91 Å². The summed E-state index contributed by atoms with van der Waals surface area (Å²) in [5, 5.41) is 6.07. The van der Waals surface area contributed by atoms with Gasteiger partial charge in [-0.15, -0.1) is 0 Å². The van der Waals surface area contributed by atoms with Gasteiger partial charge >= 0.3 is 0 Å². The molecule has 0 aromatic heterocycles. The first-order valence-corrected chi connectivity index (χ1v) is 9.50. The zero-order chi connectivity index (χ0) is 19.9. The number of guanidine groups is 1. The molecule has 0 unspecified atom stereocenters. The Balaban J connectivity index is 1.57. The number of carbonyl (C=O) groups excluding carboxylic acids is 1. The monoisotopic (exact) mass is 379 g/mol. The van der Waals surface area contributed by atoms with Crippen LogP contribution in [-0.2, 0) is 0 Å². The summed E-state index contributed by atoms with van der Waals surface area (Å²) in [5.74, 6) is 0.469. The highest BCUT2D eigenvalue weighted by Gasteiger charge is 2.10. The molecule has 0 bridgehead atoms. The van der Waals surface area contributed by atoms with Crippen LogP contribution in [0, 0.1) is 0 Å². The van der Waals surface area contributed by atoms with Crippen LogP contribution < -0.4 is 10.6 Å². The van der Waals surface area contributed by atoms with E-state index in [-0.39, 0.29) is 5.91 Å². The molecule has 142 valence electrons. The zero-order valence-corrected chi connectivity index (χ0v) is 15.8. The van der Waals surface area contributed by atoms with Crippen LogP contribution in [0.3, 0.4) is 0 Å². The maximum absolute atomic E-state index is 12.6. The third-order valence-electron chi connectivity index (χ3n) is 4.57. The average molecular weight is 379 g/mol. The lowest BCUT2D eigenvalue weighted by Crippen LogP contribution is -2.35. The van der Waals surface area contributed by atoms with Gasteiger partial charge in [-0.05, 0) is 42.0 Å². The molecular formula is C25H21N3O. The molecule has 0 saturated heterocycles. The first kappa shape index (κ1) is 18.4. The van der Waals surface area contributed by atoms with Gasteiger partial charge in [0.15, 0.2) is 0 Å². The van der Waals surface area contributed by atoms with E-state index in [1.54, 1.807) is 12.1 Å². The van der Waals surface area contributed by atoms with Crippen LogP contribution in [-0.4, -0.2) is 11.9 Å². The number of allylic oxidation sites excluding steroid dienone is 4. The van der Waals surface area contributed by atoms with E-state index < -0.39 is 0 Å². The second kappa shape index (κ2) is 8.85. The summed E-state index contributed by atoms with van der Waals surface area (Å²) in [5.41, 5.74) is 3.38. The number of nitrogens with zero attached hydrogens (tertiary/aromatic N) is 1. The number of hydrogen-bond donors (Lipinski definition) is 2. The highest BCUT2D eigenvalue weighted by atomic mass is 16.1. The highest BCUT2D eigenvalue weighted by molar-refractivity contribution is 6.10. The van der Waals surface area contributed by atoms with Gasteiger partial charge in [0, 0.05) is 17.2 Å². The molecule has 1 amide bonds. The molecular weight excluding hydrogens is 358 g/mol. The van der Waals surface area contributed by atoms with Crippen molar-refractivity contribution in [3.63, 3.8) is 0 Å². The fraction of sp³-hybridized carbons (Fsp3) is 0.0400. The Bertz CT molecular complexity index is 1040. The first-order valence-electron chi connectivity index (χ1n) is 9.50. The third kappa shape index (κ3) is 4.87. The number of nitrogens with one attached hydrogen (secondary N) is 2. The van der Waals surface area contributed by atoms with E-state index in [1.165, 1.54) is 5.56 Å². The van der Waals surface area contributed by atoms with E-state index in [0.717, 1.165) is 11.4 Å². The molecule has 4 nitrogen and oxygen atoms in total. The smallest absolute Gasteiger partial charge is 0.257 e. The van der Waals surface area contributed by atoms with Gasteiger partial charge in [-0.3, -0.25) is 10.1 Å². The summed E-state index contributed by atoms with van der Waals surface area (Å²) in [7, 11) is 0. The Morgan fingerprint density at radius 1 is 0.759 bits per heavy atom. The molecule has 1 aliphatic rings. The maximum Gasteiger partial charge on any atom is 0.257 e. The van der Waals surface area contributed by atoms with E-state index in [0.29, 0.717) is 17.4 Å². The van der Waals surface area contributed by atoms with Crippen LogP contribution in [0.2, 0.25) is 0 Å². The Hall–Kier alpha value is -3.92. The molecule has 3 aromatic rings. The van der Waals surface area contributed by atoms with Gasteiger partial charge in [-0.2, -0.15) is 0 Å². The van der Waals surface area contributed by atoms with E-state index in [9.17, 15) is 4.79 Å². The van der Waals surface area contributed by atoms with Crippen molar-refractivity contribution in [1.29, 1.82) is 0 Å². The number of anilines is 1. The average Bonchev–Trinajstić information content (AvgIpc) is 3.30. The minimum atomic E-state index is -0.217. The third-order valence-corrected chi connectivity index (χ3v) is 4.57. The standard InChI is InChI=1S/C25H21N3O/c29-24(21-11-3-1-4-12-21)28-25(26-22-13-5-2-6-14-22)27-23-17-15-20(16-18-23)19-9-7-8-10-19/h1-19H,(H2,26,27,28,29). The maximum atomic E-state index is 12.6. The van der Waals surface area contributed by atoms with E-state index in [2.05, 4.69) is 52.1 Å². The van der Waals surface area contributed by atoms with Crippen LogP contribution in [0.5, 0.6) is 0 Å². The highest BCUT2D eigenvalue weighted by Crippen LogP contribution is 2.25. The Morgan fingerprint density at radius 2 is 1.38 bits per heavy atom. The van der Waals surface area contributed by atoms with Crippen LogP contribution in [0.4, 0.5) is 11.4 Å². The predicted octanol–water partition coefficient (Wildman–Crippen LogP) is 5.43. The molecule has 2 N–H and O–H groups in total. The van der Waals surface area contributed by atoms with Crippen molar-refractivity contribution in [2.45, 2.75) is 5.92 Å². The van der Waals surface area contributed by atoms with E-state index >= 15 is 0 Å². The number of amides is 1. The van der Waals surface area contributed by atoms with Crippen molar-refractivity contribution < 1.29 is 4.79 Å². The lowest BCUT2D eigenvalue weighted by Gasteiger charge is -2.12. The van der Waals surface area contributed by atoms with Gasteiger partial charge in [-0.1, -0.05) is 72.8 Å². The van der Waals surface area contributed by atoms with Gasteiger partial charge in [0.2, 0.25) is 5.96 Å². The van der Waals surface area contributed by atoms with Crippen LogP contribution in [0.25, 0.3) is 0 Å². The summed E-state index contributed by atoms with van der Waals surface area (Å²) in [4.78, 5) is 17.2. The second-order valence-corrected chi connectivity index (χ2v) is 6.66. The van der Waals surface area contributed by atoms with Crippen molar-refractivity contribution in [2.24, 2.45) is 4.99 Å². The molecule has 0 fully saturated rings. The van der Waals surface area contributed by atoms with Crippen LogP contribution >= 0.6 is 0 Å². The Kier molecular flexibility index (Phi) is 5.63. The number of hydrogen-bond acceptors (Lipinski definition) is 2. The molecule has 0 saturated carbocycles. The minimum Gasteiger partial charge on any atom is -0.326 e. The van der Waals surface area contributed by atoms with E-state index in [1.807, 2.05) is 60.7 Å². The van der Waals surface area contributed by atoms with Crippen molar-refractivity contribution in [1.82, 2.24) is 5.32 Å². The fourth-order valence-electron chi connectivity index (χ4n) is 3.07. The molecule has 0 radical (unpaired) electrons. The SMILES string of the molecule is O=C(NC(=Nc1ccc(C2C=CC=C2)cc1)Nc1ccccc1)c1ccccc1. The summed E-state index contributed by atoms with van der Waals surface area (Å²) >= 11 is 0. The lowest BCUT2D eigenvalue weighted by molar-refractivity contribution is 0.0977.